The standard InChI is InChI=1S/C12H14O2/c1-10-3-5-11(6-4-10)14-9-12(2)7-13-8-12/h1,3-6H,7-9H2,2H3. The van der Waals surface area contributed by atoms with Gasteiger partial charge in [-0.05, 0) is 24.6 Å². The van der Waals surface area contributed by atoms with Gasteiger partial charge in [-0.3, -0.25) is 0 Å². The zero-order valence-corrected chi connectivity index (χ0v) is 8.32. The van der Waals surface area contributed by atoms with E-state index < -0.39 is 0 Å². The van der Waals surface area contributed by atoms with E-state index in [9.17, 15) is 0 Å². The molecule has 2 nitrogen and oxygen atoms in total. The fourth-order valence-electron chi connectivity index (χ4n) is 1.36. The summed E-state index contributed by atoms with van der Waals surface area (Å²) in [5, 5.41) is 0. The van der Waals surface area contributed by atoms with Gasteiger partial charge in [-0.25, -0.2) is 0 Å². The van der Waals surface area contributed by atoms with Crippen molar-refractivity contribution in [1.29, 1.82) is 0 Å². The van der Waals surface area contributed by atoms with Crippen molar-refractivity contribution in [3.8, 4) is 5.75 Å². The fourth-order valence-corrected chi connectivity index (χ4v) is 1.36. The summed E-state index contributed by atoms with van der Waals surface area (Å²) in [6.07, 6.45) is 0. The molecule has 0 saturated carbocycles. The van der Waals surface area contributed by atoms with Crippen molar-refractivity contribution >= 4 is 0 Å². The van der Waals surface area contributed by atoms with Crippen LogP contribution in [0.25, 0.3) is 0 Å². The molecule has 0 aliphatic carbocycles. The zero-order chi connectivity index (χ0) is 10.0. The number of hydrogen-bond acceptors (Lipinski definition) is 2. The third-order valence-electron chi connectivity index (χ3n) is 2.37. The summed E-state index contributed by atoms with van der Waals surface area (Å²) < 4.78 is 10.8. The molecule has 2 rings (SSSR count). The van der Waals surface area contributed by atoms with Gasteiger partial charge in [0.25, 0.3) is 0 Å². The monoisotopic (exact) mass is 190 g/mol. The molecule has 74 valence electrons. The van der Waals surface area contributed by atoms with Gasteiger partial charge in [0.1, 0.15) is 5.75 Å². The van der Waals surface area contributed by atoms with E-state index in [1.54, 1.807) is 0 Å². The molecule has 2 heteroatoms. The molecule has 1 fully saturated rings. The molecule has 14 heavy (non-hydrogen) atoms. The minimum absolute atomic E-state index is 0.196. The van der Waals surface area contributed by atoms with Crippen molar-refractivity contribution in [3.63, 3.8) is 0 Å². The van der Waals surface area contributed by atoms with Crippen molar-refractivity contribution in [2.24, 2.45) is 5.41 Å². The van der Waals surface area contributed by atoms with Crippen LogP contribution < -0.4 is 4.74 Å². The molecule has 0 amide bonds. The fraction of sp³-hybridized carbons (Fsp3) is 0.417. The molecule has 2 radical (unpaired) electrons. The molecule has 0 unspecified atom stereocenters. The van der Waals surface area contributed by atoms with E-state index >= 15 is 0 Å². The highest BCUT2D eigenvalue weighted by Crippen LogP contribution is 2.27. The Hall–Kier alpha value is -1.02. The highest BCUT2D eigenvalue weighted by atomic mass is 16.5. The van der Waals surface area contributed by atoms with Gasteiger partial charge in [0.15, 0.2) is 0 Å². The van der Waals surface area contributed by atoms with Crippen molar-refractivity contribution in [2.75, 3.05) is 19.8 Å². The summed E-state index contributed by atoms with van der Waals surface area (Å²) in [7, 11) is 0. The van der Waals surface area contributed by atoms with Gasteiger partial charge in [0.05, 0.1) is 19.8 Å². The van der Waals surface area contributed by atoms with Crippen LogP contribution in [0.5, 0.6) is 5.75 Å². The van der Waals surface area contributed by atoms with Crippen molar-refractivity contribution in [3.05, 3.63) is 36.8 Å². The van der Waals surface area contributed by atoms with Crippen LogP contribution in [0.15, 0.2) is 24.3 Å². The third-order valence-corrected chi connectivity index (χ3v) is 2.37. The van der Waals surface area contributed by atoms with Crippen LogP contribution in [0.1, 0.15) is 12.5 Å². The van der Waals surface area contributed by atoms with Crippen molar-refractivity contribution < 1.29 is 9.47 Å². The van der Waals surface area contributed by atoms with E-state index in [-0.39, 0.29) is 5.41 Å². The molecule has 1 aromatic carbocycles. The number of rotatable bonds is 3. The molecule has 1 aliphatic rings. The van der Waals surface area contributed by atoms with E-state index in [0.717, 1.165) is 24.5 Å². The Morgan fingerprint density at radius 1 is 1.36 bits per heavy atom. The lowest BCUT2D eigenvalue weighted by atomic mass is 9.90. The first kappa shape index (κ1) is 9.53. The molecular weight excluding hydrogens is 176 g/mol. The predicted molar refractivity (Wildman–Crippen MR) is 54.3 cm³/mol. The second-order valence-corrected chi connectivity index (χ2v) is 4.16. The Morgan fingerprint density at radius 3 is 2.50 bits per heavy atom. The zero-order valence-electron chi connectivity index (χ0n) is 8.32. The lowest BCUT2D eigenvalue weighted by Gasteiger charge is -2.37. The summed E-state index contributed by atoms with van der Waals surface area (Å²) in [6.45, 7) is 10.0. The second kappa shape index (κ2) is 3.62. The van der Waals surface area contributed by atoms with Crippen molar-refractivity contribution in [2.45, 2.75) is 6.92 Å². The van der Waals surface area contributed by atoms with Crippen LogP contribution in [-0.4, -0.2) is 19.8 Å². The smallest absolute Gasteiger partial charge is 0.119 e. The quantitative estimate of drug-likeness (QED) is 0.727. The Kier molecular flexibility index (Phi) is 2.46. The van der Waals surface area contributed by atoms with Crippen LogP contribution in [0.4, 0.5) is 0 Å². The Morgan fingerprint density at radius 2 is 2.00 bits per heavy atom. The highest BCUT2D eigenvalue weighted by molar-refractivity contribution is 5.28. The van der Waals surface area contributed by atoms with Gasteiger partial charge in [0, 0.05) is 5.41 Å². The van der Waals surface area contributed by atoms with E-state index in [4.69, 9.17) is 16.4 Å². The largest absolute Gasteiger partial charge is 0.493 e. The SMILES string of the molecule is [CH]c1ccc(OCC2(C)COC2)cc1. The molecule has 0 aromatic heterocycles. The maximum Gasteiger partial charge on any atom is 0.119 e. The first-order valence-electron chi connectivity index (χ1n) is 4.74. The van der Waals surface area contributed by atoms with Gasteiger partial charge in [-0.1, -0.05) is 19.1 Å². The van der Waals surface area contributed by atoms with Crippen LogP contribution in [-0.2, 0) is 4.74 Å². The number of hydrogen-bond donors (Lipinski definition) is 0. The molecule has 1 heterocycles. The van der Waals surface area contributed by atoms with Crippen LogP contribution in [0, 0.1) is 12.3 Å². The van der Waals surface area contributed by atoms with Crippen LogP contribution in [0.3, 0.4) is 0 Å². The maximum absolute atomic E-state index is 5.63. The van der Waals surface area contributed by atoms with Gasteiger partial charge in [0.2, 0.25) is 0 Å². The molecular formula is C12H14O2. The number of benzene rings is 1. The second-order valence-electron chi connectivity index (χ2n) is 4.16. The lowest BCUT2D eigenvalue weighted by Crippen LogP contribution is -2.44. The first-order chi connectivity index (χ1) is 6.68. The van der Waals surface area contributed by atoms with Gasteiger partial charge in [-0.2, -0.15) is 0 Å². The Balaban J connectivity index is 1.88. The summed E-state index contributed by atoms with van der Waals surface area (Å²) >= 11 is 0. The van der Waals surface area contributed by atoms with E-state index in [1.807, 2.05) is 24.3 Å². The molecule has 0 bridgehead atoms. The minimum Gasteiger partial charge on any atom is -0.493 e. The first-order valence-corrected chi connectivity index (χ1v) is 4.74. The van der Waals surface area contributed by atoms with Gasteiger partial charge >= 0.3 is 0 Å². The summed E-state index contributed by atoms with van der Waals surface area (Å²) in [6, 6.07) is 7.46. The molecule has 1 saturated heterocycles. The highest BCUT2D eigenvalue weighted by Gasteiger charge is 2.34. The summed E-state index contributed by atoms with van der Waals surface area (Å²) in [5.41, 5.74) is 0.956. The summed E-state index contributed by atoms with van der Waals surface area (Å²) in [5.74, 6) is 0.868. The number of ether oxygens (including phenoxy) is 2. The van der Waals surface area contributed by atoms with E-state index in [2.05, 4.69) is 6.92 Å². The van der Waals surface area contributed by atoms with E-state index in [1.165, 1.54) is 0 Å². The van der Waals surface area contributed by atoms with Gasteiger partial charge in [-0.15, -0.1) is 0 Å². The molecule has 1 aromatic rings. The summed E-state index contributed by atoms with van der Waals surface area (Å²) in [4.78, 5) is 0. The molecule has 0 N–H and O–H groups in total. The van der Waals surface area contributed by atoms with Crippen LogP contribution in [0.2, 0.25) is 0 Å². The lowest BCUT2D eigenvalue weighted by molar-refractivity contribution is -0.120. The normalized spacial score (nSPS) is 18.7. The molecule has 1 aliphatic heterocycles. The molecule has 0 spiro atoms. The average molecular weight is 190 g/mol. The Labute approximate surface area is 84.8 Å². The minimum atomic E-state index is 0.196. The van der Waals surface area contributed by atoms with Crippen molar-refractivity contribution in [1.82, 2.24) is 0 Å². The maximum atomic E-state index is 5.63. The Bertz CT molecular complexity index is 299. The van der Waals surface area contributed by atoms with E-state index in [0.29, 0.717) is 6.61 Å². The van der Waals surface area contributed by atoms with Crippen LogP contribution >= 0.6 is 0 Å². The third kappa shape index (κ3) is 2.07. The average Bonchev–Trinajstić information content (AvgIpc) is 2.14. The topological polar surface area (TPSA) is 18.5 Å². The predicted octanol–water partition coefficient (Wildman–Crippen LogP) is 2.16. The van der Waals surface area contributed by atoms with Gasteiger partial charge < -0.3 is 9.47 Å². The molecule has 0 atom stereocenters.